The lowest BCUT2D eigenvalue weighted by molar-refractivity contribution is 0.0599. The Morgan fingerprint density at radius 3 is 1.11 bits per heavy atom. The van der Waals surface area contributed by atoms with E-state index >= 15 is 0 Å². The molecule has 29 nitrogen and oxygen atoms in total. The topological polar surface area (TPSA) is 521 Å². The molecule has 0 saturated carbocycles. The molecule has 0 amide bonds. The van der Waals surface area contributed by atoms with Gasteiger partial charge in [-0.3, -0.25) is 31.9 Å². The highest BCUT2D eigenvalue weighted by Gasteiger charge is 2.43. The molecule has 5 unspecified atom stereocenters. The van der Waals surface area contributed by atoms with Crippen molar-refractivity contribution in [3.63, 3.8) is 0 Å². The summed E-state index contributed by atoms with van der Waals surface area (Å²) >= 11 is 13.8. The molecule has 0 saturated heterocycles. The molecule has 0 fully saturated rings. The number of rotatable bonds is 43. The third kappa shape index (κ3) is 46.2. The maximum atomic E-state index is 12.0. The lowest BCUT2D eigenvalue weighted by Gasteiger charge is -2.29. The third-order valence-corrected chi connectivity index (χ3v) is 35.2. The van der Waals surface area contributed by atoms with Crippen LogP contribution < -0.4 is 33.2 Å². The molecule has 0 aliphatic rings. The Kier molecular flexibility index (Phi) is 49.4. The molecule has 5 atom stereocenters. The zero-order valence-corrected chi connectivity index (χ0v) is 82.4. The van der Waals surface area contributed by atoms with Gasteiger partial charge in [-0.15, -0.1) is 102 Å². The summed E-state index contributed by atoms with van der Waals surface area (Å²) in [6, 6.07) is 32.4. The Morgan fingerprint density at radius 1 is 0.426 bits per heavy atom. The number of hydrogen-bond donors (Lipinski definition) is 13. The quantitative estimate of drug-likeness (QED) is 0.00959. The van der Waals surface area contributed by atoms with Crippen molar-refractivity contribution in [2.75, 3.05) is 57.9 Å². The molecule has 0 spiro atoms. The number of carbonyl (C=O) groups is 1. The molecule has 9 aromatic rings. The van der Waals surface area contributed by atoms with E-state index in [1.807, 2.05) is 155 Å². The number of carbonyl (C=O) groups excluding carboxylic acids is 1. The van der Waals surface area contributed by atoms with Crippen LogP contribution in [0, 0.1) is 5.92 Å². The van der Waals surface area contributed by atoms with Crippen molar-refractivity contribution in [2.45, 2.75) is 188 Å². The Bertz CT molecular complexity index is 5120. The minimum atomic E-state index is -4.21. The minimum Gasteiger partial charge on any atom is -0.465 e. The van der Waals surface area contributed by atoms with Crippen molar-refractivity contribution < 1.29 is 100 Å². The molecular formula is C77H118N6O23S16. The first-order chi connectivity index (χ1) is 56.7. The molecule has 9 rings (SSSR count). The van der Waals surface area contributed by atoms with Gasteiger partial charge in [0.25, 0.3) is 70.8 Å². The van der Waals surface area contributed by atoms with Crippen LogP contribution in [0.4, 0.5) is 0 Å². The predicted molar refractivity (Wildman–Crippen MR) is 503 cm³/mol. The van der Waals surface area contributed by atoms with E-state index < -0.39 is 96.6 Å². The van der Waals surface area contributed by atoms with Gasteiger partial charge in [0.1, 0.15) is 4.75 Å². The van der Waals surface area contributed by atoms with Gasteiger partial charge in [-0.1, -0.05) is 48.5 Å². The van der Waals surface area contributed by atoms with Gasteiger partial charge in [-0.2, -0.15) is 58.9 Å². The van der Waals surface area contributed by atoms with Crippen LogP contribution >= 0.6 is 102 Å². The number of aryl methyl sites for hydroxylation is 1. The standard InChI is InChI=1S/C15H21NO3S3.C13H17NO3S3.C12H21NO3S2.C11H19NO3S2.C10H14O5S2.2C8H13NO3S2/c1-15(2,14-6-4-10-21-14)16-8-7-13(22(17,18)19)11-12-5-3-9-20-12;14-6-5-13(20(15,16)17,9-11-3-1-7-18-11)10-12-4-2-8-19-12;1-12(2,3)13-7-6-11(18(14,15)16)9-10-5-4-8-17-10;1-9(17(13,14)15)6-7-12-11(2,3)10-5-4-8-16-10;1-15-10(11)8-5-6-16-9(8)4-2-3-7-17(12,13)14;9-4-3-8(14(10,11)12)6-7-2-1-5-13-7;9-5-7(6-14(10,11)12)4-8-2-1-3-13-8/h3-6,9-10,13,16H,7-8,11H2,1-2H3,(H,17,18,19);1-4,7-8H,5-6,9-10,14H2,(H,15,16,17);4-5,8,11,13H,6-7,9H2,1-3H3,(H,14,15,16);4-5,8-9,12H,6-7H2,1-3H3,(H,13,14,15);5-6H,2-4,7H2,1H3,(H,12,13,14);1-2,5,8H,3-4,6,9H2,(H,10,11,12);1-3,7H,4-6,9H2,(H,10,11,12). The van der Waals surface area contributed by atoms with Crippen molar-refractivity contribution in [1.82, 2.24) is 16.0 Å². The maximum absolute atomic E-state index is 12.0. The number of nitrogens with one attached hydrogen (secondary N) is 3. The Labute approximate surface area is 757 Å². The van der Waals surface area contributed by atoms with Crippen molar-refractivity contribution in [3.8, 4) is 0 Å². The Morgan fingerprint density at radius 2 is 0.795 bits per heavy atom. The highest BCUT2D eigenvalue weighted by molar-refractivity contribution is 7.88. The van der Waals surface area contributed by atoms with Crippen molar-refractivity contribution in [2.24, 2.45) is 23.1 Å². The second kappa shape index (κ2) is 53.8. The molecule has 45 heteroatoms. The molecule has 16 N–H and O–H groups in total. The van der Waals surface area contributed by atoms with Crippen LogP contribution in [0.2, 0.25) is 0 Å². The van der Waals surface area contributed by atoms with E-state index in [1.54, 1.807) is 45.5 Å². The van der Waals surface area contributed by atoms with Crippen LogP contribution in [-0.4, -0.2) is 186 Å². The van der Waals surface area contributed by atoms with E-state index in [0.29, 0.717) is 102 Å². The lowest BCUT2D eigenvalue weighted by Crippen LogP contribution is -2.44. The summed E-state index contributed by atoms with van der Waals surface area (Å²) in [5.41, 5.74) is 16.4. The zero-order valence-electron chi connectivity index (χ0n) is 69.4. The highest BCUT2D eigenvalue weighted by Crippen LogP contribution is 2.34. The fraction of sp³-hybridized carbons (Fsp3) is 0.519. The monoisotopic (exact) mass is 2010 g/mol. The molecular weight excluding hydrogens is 1890 g/mol. The van der Waals surface area contributed by atoms with Gasteiger partial charge in [0, 0.05) is 92.6 Å². The lowest BCUT2D eigenvalue weighted by atomic mass is 9.94. The van der Waals surface area contributed by atoms with Crippen molar-refractivity contribution >= 4 is 179 Å². The number of methoxy groups -OCH3 is 1. The smallest absolute Gasteiger partial charge is 0.338 e. The van der Waals surface area contributed by atoms with E-state index in [-0.39, 0.29) is 72.5 Å². The average molecular weight is 2010 g/mol. The molecule has 9 aromatic heterocycles. The van der Waals surface area contributed by atoms with Gasteiger partial charge in [-0.05, 0) is 261 Å². The summed E-state index contributed by atoms with van der Waals surface area (Å²) in [6.45, 7) is 18.2. The first-order valence-corrected chi connectivity index (χ1v) is 56.7. The SMILES string of the molecule is CC(C)(C)NCCC(Cc1cccs1)S(=O)(=O)O.CC(C)(NCCC(Cc1cccs1)S(=O)(=O)O)c1cccs1.CC(CCNC(C)(C)c1cccs1)S(=O)(=O)O.COC(=O)c1ccsc1CCCCS(=O)(=O)O.NCC(Cc1cccs1)CS(=O)(=O)O.NCCC(Cc1cccs1)(Cc1cccs1)S(=O)(=O)O.NCCC(Cc1cccs1)S(=O)(=O)O. The van der Waals surface area contributed by atoms with E-state index in [9.17, 15) is 77.4 Å². The molecule has 122 heavy (non-hydrogen) atoms. The average Bonchev–Trinajstić information content (AvgIpc) is 1.18. The minimum absolute atomic E-state index is 0.0489. The van der Waals surface area contributed by atoms with Gasteiger partial charge < -0.3 is 37.9 Å². The van der Waals surface area contributed by atoms with Crippen LogP contribution in [-0.2, 0) is 132 Å². The first-order valence-electron chi connectivity index (χ1n) is 38.1. The summed E-state index contributed by atoms with van der Waals surface area (Å²) < 4.78 is 223. The van der Waals surface area contributed by atoms with Gasteiger partial charge in [0.15, 0.2) is 0 Å². The summed E-state index contributed by atoms with van der Waals surface area (Å²) in [4.78, 5) is 20.5. The van der Waals surface area contributed by atoms with Crippen LogP contribution in [0.15, 0.2) is 152 Å². The molecule has 0 aromatic carbocycles. The van der Waals surface area contributed by atoms with Crippen LogP contribution in [0.3, 0.4) is 0 Å². The summed E-state index contributed by atoms with van der Waals surface area (Å²) in [6.07, 6.45) is 5.56. The van der Waals surface area contributed by atoms with E-state index in [4.69, 9.17) is 35.4 Å². The van der Waals surface area contributed by atoms with Crippen LogP contribution in [0.1, 0.15) is 155 Å². The molecule has 0 aliphatic carbocycles. The molecule has 0 bridgehead atoms. The second-order valence-corrected chi connectivity index (χ2v) is 51.0. The van der Waals surface area contributed by atoms with E-state index in [1.165, 1.54) is 91.8 Å². The number of nitrogens with two attached hydrogens (primary N) is 3. The maximum Gasteiger partial charge on any atom is 0.338 e. The fourth-order valence-corrected chi connectivity index (χ4v) is 24.7. The largest absolute Gasteiger partial charge is 0.465 e. The number of esters is 1. The highest BCUT2D eigenvalue weighted by atomic mass is 32.2. The van der Waals surface area contributed by atoms with Gasteiger partial charge in [-0.25, -0.2) is 4.79 Å². The van der Waals surface area contributed by atoms with Crippen molar-refractivity contribution in [1.29, 1.82) is 0 Å². The normalized spacial score (nSPS) is 13.7. The fourth-order valence-electron chi connectivity index (χ4n) is 11.4. The Hall–Kier alpha value is -4.10. The van der Waals surface area contributed by atoms with Crippen LogP contribution in [0.5, 0.6) is 0 Å². The van der Waals surface area contributed by atoms with Gasteiger partial charge in [0.2, 0.25) is 0 Å². The first kappa shape index (κ1) is 112. The molecule has 0 aliphatic heterocycles. The van der Waals surface area contributed by atoms with Gasteiger partial charge >= 0.3 is 5.97 Å². The van der Waals surface area contributed by atoms with E-state index in [2.05, 4.69) is 54.4 Å². The number of hydrogen-bond acceptors (Lipinski definition) is 31. The summed E-state index contributed by atoms with van der Waals surface area (Å²) in [7, 11) is -26.6. The molecule has 0 radical (unpaired) electrons. The summed E-state index contributed by atoms with van der Waals surface area (Å²) in [5, 5.41) is 24.2. The van der Waals surface area contributed by atoms with Crippen LogP contribution in [0.25, 0.3) is 0 Å². The van der Waals surface area contributed by atoms with E-state index in [0.717, 1.165) is 34.1 Å². The zero-order chi connectivity index (χ0) is 91.9. The third-order valence-electron chi connectivity index (χ3n) is 18.2. The Balaban J connectivity index is 0.000000370. The second-order valence-electron chi connectivity index (χ2n) is 30.1. The number of thiophene rings is 9. The van der Waals surface area contributed by atoms with Gasteiger partial charge in [0.05, 0.1) is 45.2 Å². The molecule has 690 valence electrons. The summed E-state index contributed by atoms with van der Waals surface area (Å²) in [5.74, 6) is -1.09. The number of ether oxygens (including phenoxy) is 1. The number of unbranched alkanes of at least 4 members (excludes halogenated alkanes) is 1. The van der Waals surface area contributed by atoms with Crippen molar-refractivity contribution in [3.05, 3.63) is 201 Å². The molecule has 9 heterocycles. The predicted octanol–water partition coefficient (Wildman–Crippen LogP) is 14.1.